The molecule has 0 radical (unpaired) electrons. The van der Waals surface area contributed by atoms with E-state index in [2.05, 4.69) is 36.2 Å². The number of nitrogens with one attached hydrogen (secondary N) is 1. The van der Waals surface area contributed by atoms with E-state index in [9.17, 15) is 15.0 Å². The maximum absolute atomic E-state index is 11.4. The van der Waals surface area contributed by atoms with Gasteiger partial charge in [0.25, 0.3) is 0 Å². The number of ether oxygens (including phenoxy) is 2. The molecule has 0 aliphatic carbocycles. The van der Waals surface area contributed by atoms with Gasteiger partial charge in [0.1, 0.15) is 24.8 Å². The van der Waals surface area contributed by atoms with Crippen LogP contribution >= 0.6 is 15.9 Å². The van der Waals surface area contributed by atoms with Crippen molar-refractivity contribution in [3.05, 3.63) is 76.8 Å². The van der Waals surface area contributed by atoms with Crippen molar-refractivity contribution in [2.45, 2.75) is 37.6 Å². The Morgan fingerprint density at radius 2 is 2.00 bits per heavy atom. The lowest BCUT2D eigenvalue weighted by Gasteiger charge is -2.17. The van der Waals surface area contributed by atoms with E-state index in [0.717, 1.165) is 21.3 Å². The lowest BCUT2D eigenvalue weighted by Crippen LogP contribution is -2.43. The van der Waals surface area contributed by atoms with E-state index in [1.807, 2.05) is 48.5 Å². The highest BCUT2D eigenvalue weighted by molar-refractivity contribution is 9.10. The summed E-state index contributed by atoms with van der Waals surface area (Å²) in [6, 6.07) is 14.6. The summed E-state index contributed by atoms with van der Waals surface area (Å²) in [6.07, 6.45) is -0.861. The number of aliphatic carboxylic acids is 1. The maximum Gasteiger partial charge on any atom is 0.334 e. The number of aliphatic hydroxyl groups excluding tert-OH is 1. The third kappa shape index (κ3) is 4.75. The summed E-state index contributed by atoms with van der Waals surface area (Å²) in [5.74, 6) is -0.0642. The average molecular weight is 555 g/mol. The van der Waals surface area contributed by atoms with Crippen molar-refractivity contribution in [1.82, 2.24) is 19.5 Å². The maximum atomic E-state index is 11.4. The van der Waals surface area contributed by atoms with Crippen LogP contribution in [0.1, 0.15) is 17.4 Å². The first-order chi connectivity index (χ1) is 17.4. The number of nitrogens with two attached hydrogens (primary N) is 1. The number of carbonyl (C=O) groups is 1. The van der Waals surface area contributed by atoms with Crippen molar-refractivity contribution in [3.8, 4) is 5.75 Å². The van der Waals surface area contributed by atoms with E-state index in [-0.39, 0.29) is 0 Å². The number of fused-ring (bicyclic) bond motifs is 1. The number of benzene rings is 2. The van der Waals surface area contributed by atoms with Gasteiger partial charge in [0.2, 0.25) is 0 Å². The number of carboxylic acids is 1. The topological polar surface area (TPSA) is 158 Å². The predicted octanol–water partition coefficient (Wildman–Crippen LogP) is 2.45. The molecule has 36 heavy (non-hydrogen) atoms. The highest BCUT2D eigenvalue weighted by Gasteiger charge is 2.46. The fourth-order valence-corrected chi connectivity index (χ4v) is 4.46. The van der Waals surface area contributed by atoms with Crippen molar-refractivity contribution in [1.29, 1.82) is 0 Å². The van der Waals surface area contributed by atoms with Crippen LogP contribution in [0.2, 0.25) is 0 Å². The largest absolute Gasteiger partial charge is 0.489 e. The predicted molar refractivity (Wildman–Crippen MR) is 133 cm³/mol. The molecule has 11 nitrogen and oxygen atoms in total. The number of rotatable bonds is 8. The molecule has 0 bridgehead atoms. The van der Waals surface area contributed by atoms with Gasteiger partial charge in [-0.05, 0) is 23.8 Å². The standard InChI is InChI=1S/C24H23BrN6O5/c25-15-6-7-16(35-10-13-4-2-1-3-5-13)14(8-15)9-27-21-18-22(29-11-28-21)31(12-30-18)23-19(32)17(26)20(36-23)24(33)34/h1-8,11-12,17,19-20,23,32H,9-10,26H2,(H,33,34)(H,27,28,29). The molecule has 4 unspecified atom stereocenters. The van der Waals surface area contributed by atoms with Crippen LogP contribution in [0.25, 0.3) is 11.2 Å². The third-order valence-electron chi connectivity index (χ3n) is 5.90. The summed E-state index contributed by atoms with van der Waals surface area (Å²) in [5, 5.41) is 23.1. The molecule has 0 saturated carbocycles. The number of aliphatic hydroxyl groups is 1. The number of carboxylic acid groups (broad SMARTS) is 1. The molecule has 5 N–H and O–H groups in total. The Morgan fingerprint density at radius 1 is 1.19 bits per heavy atom. The summed E-state index contributed by atoms with van der Waals surface area (Å²) in [6.45, 7) is 0.817. The van der Waals surface area contributed by atoms with Crippen molar-refractivity contribution < 1.29 is 24.5 Å². The zero-order chi connectivity index (χ0) is 25.2. The highest BCUT2D eigenvalue weighted by Crippen LogP contribution is 2.32. The zero-order valence-corrected chi connectivity index (χ0v) is 20.4. The van der Waals surface area contributed by atoms with E-state index in [1.54, 1.807) is 0 Å². The van der Waals surface area contributed by atoms with E-state index in [0.29, 0.717) is 30.1 Å². The normalized spacial score (nSPS) is 21.5. The molecule has 186 valence electrons. The Bertz CT molecular complexity index is 1380. The number of halogens is 1. The Labute approximate surface area is 214 Å². The van der Waals surface area contributed by atoms with Gasteiger partial charge in [-0.2, -0.15) is 0 Å². The smallest absolute Gasteiger partial charge is 0.334 e. The summed E-state index contributed by atoms with van der Waals surface area (Å²) in [7, 11) is 0. The van der Waals surface area contributed by atoms with Crippen molar-refractivity contribution >= 4 is 38.9 Å². The van der Waals surface area contributed by atoms with Crippen LogP contribution in [0.15, 0.2) is 65.7 Å². The van der Waals surface area contributed by atoms with E-state index >= 15 is 0 Å². The van der Waals surface area contributed by atoms with Gasteiger partial charge >= 0.3 is 5.97 Å². The van der Waals surface area contributed by atoms with Gasteiger partial charge in [-0.3, -0.25) is 4.57 Å². The molecule has 0 amide bonds. The molecule has 1 aliphatic rings. The molecular weight excluding hydrogens is 532 g/mol. The van der Waals surface area contributed by atoms with Crippen LogP contribution in [0.5, 0.6) is 5.75 Å². The number of anilines is 1. The molecule has 0 spiro atoms. The quantitative estimate of drug-likeness (QED) is 0.255. The molecule has 4 atom stereocenters. The van der Waals surface area contributed by atoms with Gasteiger partial charge < -0.3 is 30.7 Å². The van der Waals surface area contributed by atoms with Gasteiger partial charge in [0, 0.05) is 16.6 Å². The Hall–Kier alpha value is -3.58. The van der Waals surface area contributed by atoms with Gasteiger partial charge in [-0.1, -0.05) is 46.3 Å². The molecule has 1 saturated heterocycles. The van der Waals surface area contributed by atoms with Crippen LogP contribution in [0, 0.1) is 0 Å². The van der Waals surface area contributed by atoms with Gasteiger partial charge in [-0.25, -0.2) is 19.7 Å². The minimum absolute atomic E-state index is 0.365. The van der Waals surface area contributed by atoms with Crippen molar-refractivity contribution in [3.63, 3.8) is 0 Å². The molecule has 3 heterocycles. The summed E-state index contributed by atoms with van der Waals surface area (Å²) < 4.78 is 13.9. The highest BCUT2D eigenvalue weighted by atomic mass is 79.9. The minimum Gasteiger partial charge on any atom is -0.489 e. The lowest BCUT2D eigenvalue weighted by atomic mass is 10.1. The molecule has 5 rings (SSSR count). The van der Waals surface area contributed by atoms with Crippen LogP contribution in [-0.2, 0) is 22.7 Å². The van der Waals surface area contributed by atoms with Crippen molar-refractivity contribution in [2.75, 3.05) is 5.32 Å². The van der Waals surface area contributed by atoms with Crippen LogP contribution in [-0.4, -0.2) is 54.0 Å². The number of hydrogen-bond acceptors (Lipinski definition) is 9. The van der Waals surface area contributed by atoms with Crippen LogP contribution in [0.3, 0.4) is 0 Å². The fraction of sp³-hybridized carbons (Fsp3) is 0.250. The number of imidazole rings is 1. The van der Waals surface area contributed by atoms with E-state index in [1.165, 1.54) is 17.2 Å². The summed E-state index contributed by atoms with van der Waals surface area (Å²) in [5.41, 5.74) is 8.60. The zero-order valence-electron chi connectivity index (χ0n) is 18.9. The minimum atomic E-state index is -1.34. The fourth-order valence-electron chi connectivity index (χ4n) is 4.05. The van der Waals surface area contributed by atoms with Gasteiger partial charge in [0.05, 0.1) is 12.4 Å². The molecule has 4 aromatic rings. The molecular formula is C24H23BrN6O5. The van der Waals surface area contributed by atoms with E-state index < -0.39 is 30.4 Å². The average Bonchev–Trinajstić information content (AvgIpc) is 3.44. The Morgan fingerprint density at radius 3 is 2.75 bits per heavy atom. The molecule has 2 aromatic heterocycles. The van der Waals surface area contributed by atoms with Gasteiger partial charge in [0.15, 0.2) is 29.3 Å². The molecule has 1 fully saturated rings. The van der Waals surface area contributed by atoms with Crippen LogP contribution < -0.4 is 15.8 Å². The Balaban J connectivity index is 1.36. The first kappa shape index (κ1) is 24.1. The molecule has 1 aliphatic heterocycles. The second kappa shape index (κ2) is 10.2. The first-order valence-corrected chi connectivity index (χ1v) is 11.9. The number of aromatic nitrogens is 4. The second-order valence-electron chi connectivity index (χ2n) is 8.28. The lowest BCUT2D eigenvalue weighted by molar-refractivity contribution is -0.152. The number of hydrogen-bond donors (Lipinski definition) is 4. The van der Waals surface area contributed by atoms with E-state index in [4.69, 9.17) is 15.2 Å². The Kier molecular flexibility index (Phi) is 6.83. The first-order valence-electron chi connectivity index (χ1n) is 11.1. The molecule has 2 aromatic carbocycles. The van der Waals surface area contributed by atoms with Gasteiger partial charge in [-0.15, -0.1) is 0 Å². The monoisotopic (exact) mass is 554 g/mol. The SMILES string of the molecule is NC1C(C(=O)O)OC(n2cnc3c(NCc4cc(Br)ccc4OCc4ccccc4)ncnc32)C1O. The third-order valence-corrected chi connectivity index (χ3v) is 6.40. The number of nitrogens with zero attached hydrogens (tertiary/aromatic N) is 4. The summed E-state index contributed by atoms with van der Waals surface area (Å²) in [4.78, 5) is 24.4. The van der Waals surface area contributed by atoms with Crippen LogP contribution in [0.4, 0.5) is 5.82 Å². The second-order valence-corrected chi connectivity index (χ2v) is 9.20. The molecule has 12 heteroatoms. The van der Waals surface area contributed by atoms with Crippen molar-refractivity contribution in [2.24, 2.45) is 5.73 Å². The summed E-state index contributed by atoms with van der Waals surface area (Å²) >= 11 is 3.51.